The number of nitrogens with two attached hydrogens (primary N) is 1. The van der Waals surface area contributed by atoms with E-state index in [1.807, 2.05) is 6.92 Å². The number of rotatable bonds is 7. The molecule has 1 saturated carbocycles. The molecule has 0 amide bonds. The van der Waals surface area contributed by atoms with Crippen LogP contribution in [0.2, 0.25) is 0 Å². The molecule has 0 bridgehead atoms. The van der Waals surface area contributed by atoms with Crippen LogP contribution in [-0.4, -0.2) is 42.1 Å². The Balaban J connectivity index is 2.15. The van der Waals surface area contributed by atoms with Crippen molar-refractivity contribution < 1.29 is 8.42 Å². The van der Waals surface area contributed by atoms with Crippen LogP contribution in [0.1, 0.15) is 19.8 Å². The molecule has 0 aliphatic heterocycles. The molecule has 0 saturated heterocycles. The zero-order valence-corrected chi connectivity index (χ0v) is 11.4. The normalized spacial score (nSPS) is 16.4. The van der Waals surface area contributed by atoms with Gasteiger partial charge in [-0.1, -0.05) is 6.92 Å². The van der Waals surface area contributed by atoms with Gasteiger partial charge in [0.2, 0.25) is 10.0 Å². The second-order valence-corrected chi connectivity index (χ2v) is 6.56. The number of hydrogen-bond acceptors (Lipinski definition) is 4. The lowest BCUT2D eigenvalue weighted by Gasteiger charge is -2.19. The van der Waals surface area contributed by atoms with E-state index in [9.17, 15) is 8.42 Å². The average molecular weight is 272 g/mol. The summed E-state index contributed by atoms with van der Waals surface area (Å²) in [4.78, 5) is 0.262. The van der Waals surface area contributed by atoms with Gasteiger partial charge in [0.15, 0.2) is 0 Å². The van der Waals surface area contributed by atoms with Crippen molar-refractivity contribution in [1.29, 1.82) is 0 Å². The first kappa shape index (κ1) is 13.5. The lowest BCUT2D eigenvalue weighted by atomic mass is 10.4. The van der Waals surface area contributed by atoms with E-state index >= 15 is 0 Å². The maximum absolute atomic E-state index is 12.4. The van der Waals surface area contributed by atoms with E-state index in [1.54, 1.807) is 10.9 Å². The van der Waals surface area contributed by atoms with Crippen LogP contribution in [0.3, 0.4) is 0 Å². The minimum atomic E-state index is -3.39. The lowest BCUT2D eigenvalue weighted by Crippen LogP contribution is -2.32. The van der Waals surface area contributed by atoms with Crippen LogP contribution < -0.4 is 5.73 Å². The third kappa shape index (κ3) is 2.90. The van der Waals surface area contributed by atoms with Gasteiger partial charge >= 0.3 is 0 Å². The summed E-state index contributed by atoms with van der Waals surface area (Å²) in [6.07, 6.45) is 5.23. The predicted octanol–water partition coefficient (Wildman–Crippen LogP) is 0.262. The first-order valence-corrected chi connectivity index (χ1v) is 7.74. The van der Waals surface area contributed by atoms with E-state index in [0.717, 1.165) is 12.8 Å². The molecule has 1 aromatic heterocycles. The molecule has 1 fully saturated rings. The molecule has 1 heterocycles. The molecule has 1 aromatic rings. The molecule has 18 heavy (non-hydrogen) atoms. The van der Waals surface area contributed by atoms with Crippen molar-refractivity contribution in [2.24, 2.45) is 11.7 Å². The Kier molecular flexibility index (Phi) is 4.04. The molecule has 6 nitrogen and oxygen atoms in total. The third-order valence-electron chi connectivity index (χ3n) is 3.12. The number of hydrogen-bond donors (Lipinski definition) is 1. The summed E-state index contributed by atoms with van der Waals surface area (Å²) >= 11 is 0. The monoisotopic (exact) mass is 272 g/mol. The van der Waals surface area contributed by atoms with Crippen LogP contribution in [0.4, 0.5) is 0 Å². The summed E-state index contributed by atoms with van der Waals surface area (Å²) < 4.78 is 27.9. The Morgan fingerprint density at radius 3 is 2.83 bits per heavy atom. The van der Waals surface area contributed by atoms with Gasteiger partial charge in [0.1, 0.15) is 4.90 Å². The molecule has 0 atom stereocenters. The predicted molar refractivity (Wildman–Crippen MR) is 68.4 cm³/mol. The summed E-state index contributed by atoms with van der Waals surface area (Å²) in [6.45, 7) is 3.97. The maximum atomic E-state index is 12.4. The maximum Gasteiger partial charge on any atom is 0.246 e. The van der Waals surface area contributed by atoms with Crippen molar-refractivity contribution in [3.05, 3.63) is 12.4 Å². The van der Waals surface area contributed by atoms with Crippen molar-refractivity contribution in [3.8, 4) is 0 Å². The topological polar surface area (TPSA) is 81.2 Å². The Hall–Kier alpha value is -0.920. The van der Waals surface area contributed by atoms with Gasteiger partial charge in [-0.3, -0.25) is 4.68 Å². The Morgan fingerprint density at radius 1 is 1.56 bits per heavy atom. The highest BCUT2D eigenvalue weighted by atomic mass is 32.2. The molecule has 0 unspecified atom stereocenters. The molecule has 1 aliphatic rings. The van der Waals surface area contributed by atoms with Gasteiger partial charge in [-0.25, -0.2) is 8.42 Å². The van der Waals surface area contributed by atoms with Gasteiger partial charge in [0.05, 0.1) is 12.7 Å². The van der Waals surface area contributed by atoms with Crippen molar-refractivity contribution in [2.45, 2.75) is 31.2 Å². The van der Waals surface area contributed by atoms with E-state index in [0.29, 0.717) is 32.1 Å². The standard InChI is InChI=1S/C11H20N4O2S/c1-2-15(8-10-3-4-10)18(16,17)11-7-13-14(9-11)6-5-12/h7,9-10H,2-6,8,12H2,1H3. The molecule has 7 heteroatoms. The highest BCUT2D eigenvalue weighted by Crippen LogP contribution is 2.31. The van der Waals surface area contributed by atoms with Crippen molar-refractivity contribution in [3.63, 3.8) is 0 Å². The lowest BCUT2D eigenvalue weighted by molar-refractivity contribution is 0.412. The fourth-order valence-electron chi connectivity index (χ4n) is 1.87. The highest BCUT2D eigenvalue weighted by Gasteiger charge is 2.31. The molecule has 102 valence electrons. The van der Waals surface area contributed by atoms with E-state index in [-0.39, 0.29) is 4.90 Å². The zero-order valence-electron chi connectivity index (χ0n) is 10.6. The quantitative estimate of drug-likeness (QED) is 0.772. The summed E-state index contributed by atoms with van der Waals surface area (Å²) in [7, 11) is -3.39. The largest absolute Gasteiger partial charge is 0.329 e. The number of aromatic nitrogens is 2. The molecule has 1 aliphatic carbocycles. The van der Waals surface area contributed by atoms with Gasteiger partial charge in [0.25, 0.3) is 0 Å². The molecule has 0 spiro atoms. The first-order valence-electron chi connectivity index (χ1n) is 6.30. The summed E-state index contributed by atoms with van der Waals surface area (Å²) in [5.74, 6) is 0.541. The number of nitrogens with zero attached hydrogens (tertiary/aromatic N) is 3. The van der Waals surface area contributed by atoms with E-state index < -0.39 is 10.0 Å². The smallest absolute Gasteiger partial charge is 0.246 e. The summed E-state index contributed by atoms with van der Waals surface area (Å²) in [5.41, 5.74) is 5.42. The van der Waals surface area contributed by atoms with E-state index in [2.05, 4.69) is 5.10 Å². The van der Waals surface area contributed by atoms with E-state index in [1.165, 1.54) is 10.5 Å². The average Bonchev–Trinajstić information content (AvgIpc) is 3.03. The second kappa shape index (κ2) is 5.38. The van der Waals surface area contributed by atoms with Gasteiger partial charge in [-0.15, -0.1) is 0 Å². The Morgan fingerprint density at radius 2 is 2.28 bits per heavy atom. The molecule has 2 rings (SSSR count). The SMILES string of the molecule is CCN(CC1CC1)S(=O)(=O)c1cnn(CCN)c1. The molecule has 0 radical (unpaired) electrons. The summed E-state index contributed by atoms with van der Waals surface area (Å²) in [6, 6.07) is 0. The van der Waals surface area contributed by atoms with Gasteiger partial charge in [-0.05, 0) is 18.8 Å². The van der Waals surface area contributed by atoms with Gasteiger partial charge < -0.3 is 5.73 Å². The summed E-state index contributed by atoms with van der Waals surface area (Å²) in [5, 5.41) is 4.01. The third-order valence-corrected chi connectivity index (χ3v) is 5.01. The van der Waals surface area contributed by atoms with E-state index in [4.69, 9.17) is 5.73 Å². The second-order valence-electron chi connectivity index (χ2n) is 4.63. The molecule has 2 N–H and O–H groups in total. The number of sulfonamides is 1. The zero-order chi connectivity index (χ0) is 13.2. The van der Waals surface area contributed by atoms with Crippen molar-refractivity contribution in [1.82, 2.24) is 14.1 Å². The fourth-order valence-corrected chi connectivity index (χ4v) is 3.35. The van der Waals surface area contributed by atoms with Crippen LogP contribution in [0, 0.1) is 5.92 Å². The van der Waals surface area contributed by atoms with Gasteiger partial charge in [-0.2, -0.15) is 9.40 Å². The molecular formula is C11H20N4O2S. The van der Waals surface area contributed by atoms with Crippen LogP contribution in [0.5, 0.6) is 0 Å². The first-order chi connectivity index (χ1) is 8.57. The van der Waals surface area contributed by atoms with Gasteiger partial charge in [0, 0.05) is 25.8 Å². The van der Waals surface area contributed by atoms with Crippen LogP contribution in [-0.2, 0) is 16.6 Å². The minimum Gasteiger partial charge on any atom is -0.329 e. The highest BCUT2D eigenvalue weighted by molar-refractivity contribution is 7.89. The molecular weight excluding hydrogens is 252 g/mol. The van der Waals surface area contributed by atoms with Crippen molar-refractivity contribution in [2.75, 3.05) is 19.6 Å². The van der Waals surface area contributed by atoms with Crippen LogP contribution in [0.25, 0.3) is 0 Å². The minimum absolute atomic E-state index is 0.262. The fraction of sp³-hybridized carbons (Fsp3) is 0.727. The Labute approximate surface area is 108 Å². The van der Waals surface area contributed by atoms with Crippen molar-refractivity contribution >= 4 is 10.0 Å². The Bertz CT molecular complexity index is 493. The van der Waals surface area contributed by atoms with Crippen LogP contribution in [0.15, 0.2) is 17.3 Å². The molecule has 0 aromatic carbocycles. The van der Waals surface area contributed by atoms with Crippen LogP contribution >= 0.6 is 0 Å².